The van der Waals surface area contributed by atoms with Gasteiger partial charge in [-0.3, -0.25) is 4.79 Å². The molecule has 0 bridgehead atoms. The Morgan fingerprint density at radius 2 is 1.89 bits per heavy atom. The lowest BCUT2D eigenvalue weighted by atomic mass is 10.0. The molecule has 2 aromatic carbocycles. The van der Waals surface area contributed by atoms with E-state index < -0.39 is 0 Å². The van der Waals surface area contributed by atoms with Crippen molar-refractivity contribution in [2.45, 2.75) is 6.54 Å². The Balaban J connectivity index is 1.51. The second-order valence-corrected chi connectivity index (χ2v) is 6.27. The van der Waals surface area contributed by atoms with Gasteiger partial charge >= 0.3 is 0 Å². The molecule has 0 spiro atoms. The van der Waals surface area contributed by atoms with Crippen LogP contribution in [0.3, 0.4) is 0 Å². The van der Waals surface area contributed by atoms with Gasteiger partial charge in [-0.1, -0.05) is 30.3 Å². The van der Waals surface area contributed by atoms with Gasteiger partial charge < -0.3 is 10.1 Å². The predicted octanol–water partition coefficient (Wildman–Crippen LogP) is 3.63. The van der Waals surface area contributed by atoms with Crippen LogP contribution < -0.4 is 10.1 Å². The number of methoxy groups -OCH3 is 1. The van der Waals surface area contributed by atoms with Gasteiger partial charge in [-0.05, 0) is 34.9 Å². The summed E-state index contributed by atoms with van der Waals surface area (Å²) in [7, 11) is 1.57. The molecule has 1 N–H and O–H groups in total. The van der Waals surface area contributed by atoms with Crippen LogP contribution in [-0.4, -0.2) is 28.0 Å². The number of ether oxygens (including phenoxy) is 1. The summed E-state index contributed by atoms with van der Waals surface area (Å²) in [5.41, 5.74) is 4.33. The maximum Gasteiger partial charge on any atom is 0.251 e. The van der Waals surface area contributed by atoms with Crippen LogP contribution in [-0.2, 0) is 6.54 Å². The first kappa shape index (κ1) is 17.6. The van der Waals surface area contributed by atoms with Crippen molar-refractivity contribution in [3.05, 3.63) is 84.4 Å². The summed E-state index contributed by atoms with van der Waals surface area (Å²) in [6.07, 6.45) is 5.00. The third-order valence-corrected chi connectivity index (χ3v) is 4.43. The minimum Gasteiger partial charge on any atom is -0.481 e. The van der Waals surface area contributed by atoms with Crippen molar-refractivity contribution < 1.29 is 9.53 Å². The maximum absolute atomic E-state index is 12.6. The van der Waals surface area contributed by atoms with Crippen LogP contribution in [0.5, 0.6) is 5.88 Å². The summed E-state index contributed by atoms with van der Waals surface area (Å²) in [6, 6.07) is 17.2. The average Bonchev–Trinajstić information content (AvgIpc) is 2.77. The number of pyridine rings is 1. The standard InChI is InChI=1S/C22H18N4O2/c1-28-21-8-5-15(11-24-21)12-25-22(27)18-4-2-3-16(9-18)17-6-7-19-13-23-14-26-20(19)10-17/h2-11,13-14H,12H2,1H3,(H,25,27). The molecule has 0 atom stereocenters. The minimum atomic E-state index is -0.138. The quantitative estimate of drug-likeness (QED) is 0.580. The molecular weight excluding hydrogens is 352 g/mol. The van der Waals surface area contributed by atoms with Crippen molar-refractivity contribution >= 4 is 16.8 Å². The number of hydrogen-bond acceptors (Lipinski definition) is 5. The Labute approximate surface area is 162 Å². The normalized spacial score (nSPS) is 10.6. The van der Waals surface area contributed by atoms with Crippen LogP contribution in [0.4, 0.5) is 0 Å². The summed E-state index contributed by atoms with van der Waals surface area (Å²) in [5.74, 6) is 0.407. The number of hydrogen-bond donors (Lipinski definition) is 1. The number of rotatable bonds is 5. The molecule has 0 aliphatic carbocycles. The number of nitrogens with zero attached hydrogens (tertiary/aromatic N) is 3. The van der Waals surface area contributed by atoms with Crippen molar-refractivity contribution in [1.29, 1.82) is 0 Å². The Kier molecular flexibility index (Phi) is 4.93. The zero-order valence-corrected chi connectivity index (χ0v) is 15.3. The van der Waals surface area contributed by atoms with E-state index in [1.165, 1.54) is 6.33 Å². The fourth-order valence-corrected chi connectivity index (χ4v) is 2.91. The summed E-state index contributed by atoms with van der Waals surface area (Å²) in [6.45, 7) is 0.396. The van der Waals surface area contributed by atoms with Gasteiger partial charge in [0.05, 0.1) is 12.6 Å². The van der Waals surface area contributed by atoms with Crippen LogP contribution in [0, 0.1) is 0 Å². The van der Waals surface area contributed by atoms with E-state index in [4.69, 9.17) is 4.74 Å². The third kappa shape index (κ3) is 3.81. The highest BCUT2D eigenvalue weighted by atomic mass is 16.5. The minimum absolute atomic E-state index is 0.138. The molecule has 6 heteroatoms. The van der Waals surface area contributed by atoms with Crippen molar-refractivity contribution in [1.82, 2.24) is 20.3 Å². The van der Waals surface area contributed by atoms with Crippen molar-refractivity contribution in [3.8, 4) is 17.0 Å². The fraction of sp³-hybridized carbons (Fsp3) is 0.0909. The van der Waals surface area contributed by atoms with Gasteiger partial charge in [0.15, 0.2) is 0 Å². The molecule has 138 valence electrons. The Morgan fingerprint density at radius 1 is 1.00 bits per heavy atom. The molecule has 0 aliphatic rings. The van der Waals surface area contributed by atoms with Gasteiger partial charge in [-0.25, -0.2) is 15.0 Å². The summed E-state index contributed by atoms with van der Waals surface area (Å²) in [5, 5.41) is 3.90. The van der Waals surface area contributed by atoms with Gasteiger partial charge in [-0.15, -0.1) is 0 Å². The number of aromatic nitrogens is 3. The van der Waals surface area contributed by atoms with Gasteiger partial charge in [0.25, 0.3) is 5.91 Å². The van der Waals surface area contributed by atoms with E-state index in [0.717, 1.165) is 27.6 Å². The highest BCUT2D eigenvalue weighted by molar-refractivity contribution is 5.95. The second-order valence-electron chi connectivity index (χ2n) is 6.27. The molecule has 0 saturated carbocycles. The molecule has 4 rings (SSSR count). The van der Waals surface area contributed by atoms with Crippen LogP contribution in [0.25, 0.3) is 22.0 Å². The van der Waals surface area contributed by atoms with Gasteiger partial charge in [0.2, 0.25) is 5.88 Å². The lowest BCUT2D eigenvalue weighted by Gasteiger charge is -2.08. The Bertz CT molecular complexity index is 1130. The molecule has 2 aromatic heterocycles. The summed E-state index contributed by atoms with van der Waals surface area (Å²) < 4.78 is 5.04. The van der Waals surface area contributed by atoms with E-state index in [9.17, 15) is 4.79 Å². The number of carbonyl (C=O) groups excluding carboxylic acids is 1. The van der Waals surface area contributed by atoms with Crippen LogP contribution >= 0.6 is 0 Å². The fourth-order valence-electron chi connectivity index (χ4n) is 2.91. The molecule has 0 aliphatic heterocycles. The smallest absolute Gasteiger partial charge is 0.251 e. The molecule has 0 saturated heterocycles. The lowest BCUT2D eigenvalue weighted by molar-refractivity contribution is 0.0951. The highest BCUT2D eigenvalue weighted by Crippen LogP contribution is 2.24. The molecule has 2 heterocycles. The van der Waals surface area contributed by atoms with E-state index in [1.807, 2.05) is 42.5 Å². The largest absolute Gasteiger partial charge is 0.481 e. The second kappa shape index (κ2) is 7.84. The molecule has 0 fully saturated rings. The zero-order valence-electron chi connectivity index (χ0n) is 15.3. The van der Waals surface area contributed by atoms with Gasteiger partial charge in [0, 0.05) is 36.0 Å². The van der Waals surface area contributed by atoms with E-state index in [1.54, 1.807) is 31.6 Å². The number of carbonyl (C=O) groups is 1. The number of amides is 1. The topological polar surface area (TPSA) is 77.0 Å². The number of nitrogens with one attached hydrogen (secondary N) is 1. The van der Waals surface area contributed by atoms with Gasteiger partial charge in [-0.2, -0.15) is 0 Å². The van der Waals surface area contributed by atoms with E-state index in [-0.39, 0.29) is 5.91 Å². The molecule has 1 amide bonds. The maximum atomic E-state index is 12.6. The predicted molar refractivity (Wildman–Crippen MR) is 107 cm³/mol. The lowest BCUT2D eigenvalue weighted by Crippen LogP contribution is -2.22. The first-order valence-corrected chi connectivity index (χ1v) is 8.80. The monoisotopic (exact) mass is 370 g/mol. The summed E-state index contributed by atoms with van der Waals surface area (Å²) in [4.78, 5) is 25.0. The Morgan fingerprint density at radius 3 is 2.71 bits per heavy atom. The summed E-state index contributed by atoms with van der Waals surface area (Å²) >= 11 is 0. The van der Waals surface area contributed by atoms with Crippen molar-refractivity contribution in [2.24, 2.45) is 0 Å². The highest BCUT2D eigenvalue weighted by Gasteiger charge is 2.08. The molecule has 4 aromatic rings. The van der Waals surface area contributed by atoms with Crippen LogP contribution in [0.1, 0.15) is 15.9 Å². The van der Waals surface area contributed by atoms with E-state index in [2.05, 4.69) is 20.3 Å². The van der Waals surface area contributed by atoms with Crippen molar-refractivity contribution in [3.63, 3.8) is 0 Å². The SMILES string of the molecule is COc1ccc(CNC(=O)c2cccc(-c3ccc4cncnc4c3)c2)cn1. The molecule has 28 heavy (non-hydrogen) atoms. The van der Waals surface area contributed by atoms with Crippen molar-refractivity contribution in [2.75, 3.05) is 7.11 Å². The van der Waals surface area contributed by atoms with E-state index >= 15 is 0 Å². The first-order chi connectivity index (χ1) is 13.7. The Hall–Kier alpha value is -3.80. The molecule has 6 nitrogen and oxygen atoms in total. The average molecular weight is 370 g/mol. The van der Waals surface area contributed by atoms with E-state index in [0.29, 0.717) is 18.0 Å². The first-order valence-electron chi connectivity index (χ1n) is 8.80. The van der Waals surface area contributed by atoms with Crippen LogP contribution in [0.2, 0.25) is 0 Å². The van der Waals surface area contributed by atoms with Gasteiger partial charge in [0.1, 0.15) is 6.33 Å². The van der Waals surface area contributed by atoms with Crippen LogP contribution in [0.15, 0.2) is 73.3 Å². The number of fused-ring (bicyclic) bond motifs is 1. The number of benzene rings is 2. The third-order valence-electron chi connectivity index (χ3n) is 4.43. The molecule has 0 radical (unpaired) electrons. The molecular formula is C22H18N4O2. The zero-order chi connectivity index (χ0) is 19.3. The molecule has 0 unspecified atom stereocenters.